The molecule has 10 heteroatoms. The SMILES string of the molecule is Cn1nc(CNCC2CCN(c3ncc(C(=O)NOC4CCCCO4)cn3)CC2)c2ccccc21. The Labute approximate surface area is 205 Å². The molecule has 2 fully saturated rings. The number of nitrogens with one attached hydrogen (secondary N) is 2. The second-order valence-electron chi connectivity index (χ2n) is 9.27. The van der Waals surface area contributed by atoms with Gasteiger partial charge in [-0.15, -0.1) is 0 Å². The highest BCUT2D eigenvalue weighted by Gasteiger charge is 2.22. The number of rotatable bonds is 8. The molecule has 2 saturated heterocycles. The molecule has 1 unspecified atom stereocenters. The summed E-state index contributed by atoms with van der Waals surface area (Å²) >= 11 is 0. The van der Waals surface area contributed by atoms with E-state index in [9.17, 15) is 4.79 Å². The first-order chi connectivity index (χ1) is 17.2. The summed E-state index contributed by atoms with van der Waals surface area (Å²) in [7, 11) is 1.99. The van der Waals surface area contributed by atoms with Crippen molar-refractivity contribution in [2.24, 2.45) is 13.0 Å². The molecule has 3 aromatic rings. The second kappa shape index (κ2) is 11.1. The average Bonchev–Trinajstić information content (AvgIpc) is 3.24. The average molecular weight is 480 g/mol. The van der Waals surface area contributed by atoms with Crippen LogP contribution in [0.2, 0.25) is 0 Å². The van der Waals surface area contributed by atoms with E-state index in [0.29, 0.717) is 24.0 Å². The number of aryl methyl sites for hydroxylation is 1. The third kappa shape index (κ3) is 5.77. The van der Waals surface area contributed by atoms with E-state index in [4.69, 9.17) is 9.57 Å². The van der Waals surface area contributed by atoms with E-state index in [-0.39, 0.29) is 12.2 Å². The molecule has 0 bridgehead atoms. The fourth-order valence-electron chi connectivity index (χ4n) is 4.74. The van der Waals surface area contributed by atoms with E-state index in [1.165, 1.54) is 5.39 Å². The quantitative estimate of drug-likeness (QED) is 0.475. The number of piperidine rings is 1. The number of para-hydroxylation sites is 1. The summed E-state index contributed by atoms with van der Waals surface area (Å²) in [5.74, 6) is 0.895. The number of carbonyl (C=O) groups excluding carboxylic acids is 1. The predicted octanol–water partition coefficient (Wildman–Crippen LogP) is 2.56. The Morgan fingerprint density at radius 2 is 1.94 bits per heavy atom. The molecule has 186 valence electrons. The van der Waals surface area contributed by atoms with Gasteiger partial charge in [-0.3, -0.25) is 9.48 Å². The fourth-order valence-corrected chi connectivity index (χ4v) is 4.74. The molecule has 2 aliphatic heterocycles. The third-order valence-electron chi connectivity index (χ3n) is 6.78. The number of benzene rings is 1. The number of ether oxygens (including phenoxy) is 1. The number of hydroxylamine groups is 1. The van der Waals surface area contributed by atoms with Crippen molar-refractivity contribution < 1.29 is 14.4 Å². The van der Waals surface area contributed by atoms with Gasteiger partial charge in [-0.2, -0.15) is 5.10 Å². The first-order valence-electron chi connectivity index (χ1n) is 12.4. The van der Waals surface area contributed by atoms with Gasteiger partial charge in [-0.05, 0) is 44.2 Å². The Morgan fingerprint density at radius 3 is 2.71 bits per heavy atom. The molecule has 2 aromatic heterocycles. The zero-order valence-corrected chi connectivity index (χ0v) is 20.2. The molecular formula is C25H33N7O3. The number of anilines is 1. The maximum Gasteiger partial charge on any atom is 0.278 e. The van der Waals surface area contributed by atoms with Crippen LogP contribution in [-0.2, 0) is 23.2 Å². The first-order valence-corrected chi connectivity index (χ1v) is 12.4. The highest BCUT2D eigenvalue weighted by Crippen LogP contribution is 2.21. The summed E-state index contributed by atoms with van der Waals surface area (Å²) in [6, 6.07) is 8.33. The number of carbonyl (C=O) groups is 1. The number of hydrogen-bond donors (Lipinski definition) is 2. The summed E-state index contributed by atoms with van der Waals surface area (Å²) in [6.45, 7) is 4.18. The first kappa shape index (κ1) is 23.7. The maximum atomic E-state index is 12.3. The molecule has 35 heavy (non-hydrogen) atoms. The van der Waals surface area contributed by atoms with Crippen LogP contribution in [0.3, 0.4) is 0 Å². The summed E-state index contributed by atoms with van der Waals surface area (Å²) in [6.07, 6.45) is 7.69. The van der Waals surface area contributed by atoms with Crippen LogP contribution in [0.25, 0.3) is 10.9 Å². The lowest BCUT2D eigenvalue weighted by molar-refractivity contribution is -0.186. The molecule has 0 radical (unpaired) electrons. The van der Waals surface area contributed by atoms with Crippen molar-refractivity contribution in [2.75, 3.05) is 31.1 Å². The van der Waals surface area contributed by atoms with Crippen LogP contribution in [0, 0.1) is 5.92 Å². The van der Waals surface area contributed by atoms with Crippen LogP contribution in [0.5, 0.6) is 0 Å². The normalized spacial score (nSPS) is 19.2. The highest BCUT2D eigenvalue weighted by atomic mass is 16.8. The highest BCUT2D eigenvalue weighted by molar-refractivity contribution is 5.92. The lowest BCUT2D eigenvalue weighted by atomic mass is 9.97. The Bertz CT molecular complexity index is 1120. The van der Waals surface area contributed by atoms with E-state index in [0.717, 1.165) is 69.5 Å². The van der Waals surface area contributed by atoms with Crippen LogP contribution in [0.1, 0.15) is 48.2 Å². The number of hydrogen-bond acceptors (Lipinski definition) is 8. The Kier molecular flexibility index (Phi) is 7.51. The van der Waals surface area contributed by atoms with Crippen molar-refractivity contribution in [2.45, 2.75) is 44.9 Å². The van der Waals surface area contributed by atoms with Gasteiger partial charge in [-0.25, -0.2) is 20.3 Å². The van der Waals surface area contributed by atoms with Crippen molar-refractivity contribution >= 4 is 22.8 Å². The minimum atomic E-state index is -0.382. The summed E-state index contributed by atoms with van der Waals surface area (Å²) < 4.78 is 7.40. The monoisotopic (exact) mass is 479 g/mol. The zero-order valence-electron chi connectivity index (χ0n) is 20.2. The molecule has 10 nitrogen and oxygen atoms in total. The topological polar surface area (TPSA) is 106 Å². The van der Waals surface area contributed by atoms with Gasteiger partial charge in [0.2, 0.25) is 5.95 Å². The van der Waals surface area contributed by atoms with Gasteiger partial charge in [0.1, 0.15) is 0 Å². The van der Waals surface area contributed by atoms with Crippen LogP contribution in [0.15, 0.2) is 36.7 Å². The lowest BCUT2D eigenvalue weighted by Crippen LogP contribution is -2.38. The molecule has 1 amide bonds. The smallest absolute Gasteiger partial charge is 0.278 e. The zero-order chi connectivity index (χ0) is 24.0. The van der Waals surface area contributed by atoms with Crippen molar-refractivity contribution in [3.8, 4) is 0 Å². The van der Waals surface area contributed by atoms with Crippen LogP contribution in [0.4, 0.5) is 5.95 Å². The third-order valence-corrected chi connectivity index (χ3v) is 6.78. The van der Waals surface area contributed by atoms with E-state index in [2.05, 4.69) is 49.0 Å². The number of amides is 1. The molecule has 4 heterocycles. The van der Waals surface area contributed by atoms with Crippen LogP contribution >= 0.6 is 0 Å². The van der Waals surface area contributed by atoms with E-state index < -0.39 is 0 Å². The Morgan fingerprint density at radius 1 is 1.14 bits per heavy atom. The van der Waals surface area contributed by atoms with E-state index in [1.807, 2.05) is 17.8 Å². The van der Waals surface area contributed by atoms with E-state index in [1.54, 1.807) is 12.4 Å². The predicted molar refractivity (Wildman–Crippen MR) is 132 cm³/mol. The number of aromatic nitrogens is 4. The largest absolute Gasteiger partial charge is 0.350 e. The minimum absolute atomic E-state index is 0.365. The van der Waals surface area contributed by atoms with Gasteiger partial charge >= 0.3 is 0 Å². The Hall–Kier alpha value is -3.08. The van der Waals surface area contributed by atoms with Crippen molar-refractivity contribution in [1.82, 2.24) is 30.5 Å². The van der Waals surface area contributed by atoms with Crippen molar-refractivity contribution in [3.05, 3.63) is 47.9 Å². The van der Waals surface area contributed by atoms with Gasteiger partial charge in [0.15, 0.2) is 6.29 Å². The minimum Gasteiger partial charge on any atom is -0.350 e. The summed E-state index contributed by atoms with van der Waals surface area (Å²) in [5, 5.41) is 9.47. The van der Waals surface area contributed by atoms with Crippen LogP contribution < -0.4 is 15.7 Å². The molecule has 1 aromatic carbocycles. The lowest BCUT2D eigenvalue weighted by Gasteiger charge is -2.32. The van der Waals surface area contributed by atoms with Crippen molar-refractivity contribution in [1.29, 1.82) is 0 Å². The standard InChI is InChI=1S/C25H33N7O3/c1-31-22-7-3-2-6-20(22)21(29-31)17-26-14-18-9-11-32(12-10-18)25-27-15-19(16-28-25)24(33)30-35-23-8-4-5-13-34-23/h2-3,6-7,15-16,18,23,26H,4-5,8-14,17H2,1H3,(H,30,33). The molecule has 2 N–H and O–H groups in total. The summed E-state index contributed by atoms with van der Waals surface area (Å²) in [4.78, 5) is 28.6. The van der Waals surface area contributed by atoms with Gasteiger partial charge in [0, 0.05) is 57.5 Å². The maximum absolute atomic E-state index is 12.3. The van der Waals surface area contributed by atoms with Gasteiger partial charge in [-0.1, -0.05) is 18.2 Å². The van der Waals surface area contributed by atoms with Gasteiger partial charge in [0.25, 0.3) is 5.91 Å². The molecule has 5 rings (SSSR count). The van der Waals surface area contributed by atoms with Crippen molar-refractivity contribution in [3.63, 3.8) is 0 Å². The molecular weight excluding hydrogens is 446 g/mol. The van der Waals surface area contributed by atoms with Gasteiger partial charge in [0.05, 0.1) is 16.8 Å². The molecule has 0 saturated carbocycles. The molecule has 0 aliphatic carbocycles. The fraction of sp³-hybridized carbons (Fsp3) is 0.520. The Balaban J connectivity index is 1.05. The van der Waals surface area contributed by atoms with E-state index >= 15 is 0 Å². The molecule has 1 atom stereocenters. The molecule has 2 aliphatic rings. The number of fused-ring (bicyclic) bond motifs is 1. The van der Waals surface area contributed by atoms with Gasteiger partial charge < -0.3 is 15.0 Å². The summed E-state index contributed by atoms with van der Waals surface area (Å²) in [5.41, 5.74) is 5.06. The number of nitrogens with zero attached hydrogens (tertiary/aromatic N) is 5. The molecule has 0 spiro atoms. The van der Waals surface area contributed by atoms with Crippen LogP contribution in [-0.4, -0.2) is 58.2 Å². The second-order valence-corrected chi connectivity index (χ2v) is 9.27.